The lowest BCUT2D eigenvalue weighted by Gasteiger charge is -2.16. The molecule has 4 nitrogen and oxygen atoms in total. The highest BCUT2D eigenvalue weighted by Gasteiger charge is 2.23. The zero-order valence-electron chi connectivity index (χ0n) is 15.7. The van der Waals surface area contributed by atoms with Crippen molar-refractivity contribution >= 4 is 10.9 Å². The van der Waals surface area contributed by atoms with Crippen LogP contribution in [0.15, 0.2) is 12.1 Å². The molecular formula is C20H31N3O. The Morgan fingerprint density at radius 1 is 1.21 bits per heavy atom. The molecule has 2 N–H and O–H groups in total. The number of rotatable bonds is 6. The molecule has 0 radical (unpaired) electrons. The molecule has 1 unspecified atom stereocenters. The molecule has 1 aromatic heterocycles. The summed E-state index contributed by atoms with van der Waals surface area (Å²) in [5, 5.41) is 1.39. The van der Waals surface area contributed by atoms with Crippen LogP contribution in [0.5, 0.6) is 0 Å². The van der Waals surface area contributed by atoms with E-state index in [1.165, 1.54) is 33.3 Å². The van der Waals surface area contributed by atoms with E-state index in [0.29, 0.717) is 5.92 Å². The number of aryl methyl sites for hydroxylation is 1. The van der Waals surface area contributed by atoms with Crippen molar-refractivity contribution in [2.75, 3.05) is 20.3 Å². The van der Waals surface area contributed by atoms with Gasteiger partial charge in [-0.1, -0.05) is 13.8 Å². The van der Waals surface area contributed by atoms with Crippen LogP contribution >= 0.6 is 0 Å². The Morgan fingerprint density at radius 3 is 2.50 bits per heavy atom. The second kappa shape index (κ2) is 6.87. The summed E-state index contributed by atoms with van der Waals surface area (Å²) in [6.07, 6.45) is 0.951. The average Bonchev–Trinajstić information content (AvgIpc) is 3.05. The Morgan fingerprint density at radius 2 is 1.88 bits per heavy atom. The Balaban J connectivity index is 1.96. The Bertz CT molecular complexity index is 732. The molecule has 1 atom stereocenters. The van der Waals surface area contributed by atoms with Crippen LogP contribution in [0.3, 0.4) is 0 Å². The van der Waals surface area contributed by atoms with Crippen molar-refractivity contribution in [1.29, 1.82) is 0 Å². The number of fused-ring (bicyclic) bond motifs is 2. The number of ether oxygens (including phenoxy) is 1. The maximum absolute atomic E-state index is 6.38. The summed E-state index contributed by atoms with van der Waals surface area (Å²) in [5.74, 6) is 0.499. The fourth-order valence-electron chi connectivity index (χ4n) is 3.71. The van der Waals surface area contributed by atoms with Gasteiger partial charge in [0.05, 0.1) is 6.61 Å². The third-order valence-electron chi connectivity index (χ3n) is 5.64. The highest BCUT2D eigenvalue weighted by atomic mass is 16.5. The number of hydrogen-bond donors (Lipinski definition) is 1. The highest BCUT2D eigenvalue weighted by Crippen LogP contribution is 2.33. The summed E-state index contributed by atoms with van der Waals surface area (Å²) in [5.41, 5.74) is 13.4. The number of hydrogen-bond acceptors (Lipinski definition) is 3. The van der Waals surface area contributed by atoms with Gasteiger partial charge in [0.2, 0.25) is 0 Å². The van der Waals surface area contributed by atoms with Crippen LogP contribution in [0.2, 0.25) is 0 Å². The first kappa shape index (κ1) is 17.5. The maximum atomic E-state index is 6.38. The lowest BCUT2D eigenvalue weighted by molar-refractivity contribution is 0.147. The van der Waals surface area contributed by atoms with Crippen molar-refractivity contribution in [3.8, 4) is 0 Å². The molecule has 24 heavy (non-hydrogen) atoms. The first-order chi connectivity index (χ1) is 11.4. The van der Waals surface area contributed by atoms with Gasteiger partial charge in [-0.15, -0.1) is 0 Å². The predicted octanol–water partition coefficient (Wildman–Crippen LogP) is 2.97. The van der Waals surface area contributed by atoms with Crippen LogP contribution in [0.4, 0.5) is 0 Å². The van der Waals surface area contributed by atoms with Gasteiger partial charge in [-0.3, -0.25) is 4.90 Å². The van der Waals surface area contributed by atoms with Crippen molar-refractivity contribution in [2.45, 2.75) is 46.3 Å². The molecule has 0 fully saturated rings. The van der Waals surface area contributed by atoms with E-state index < -0.39 is 0 Å². The first-order valence-electron chi connectivity index (χ1n) is 8.99. The van der Waals surface area contributed by atoms with E-state index in [1.54, 1.807) is 7.11 Å². The van der Waals surface area contributed by atoms with Gasteiger partial charge in [0.15, 0.2) is 0 Å². The van der Waals surface area contributed by atoms with Crippen LogP contribution in [0.25, 0.3) is 10.9 Å². The Kier molecular flexibility index (Phi) is 5.00. The molecule has 0 spiro atoms. The Hall–Kier alpha value is -1.36. The van der Waals surface area contributed by atoms with E-state index in [2.05, 4.69) is 49.4 Å². The SMILES string of the molecule is COCCN1Cc2cc3c(CC(N)C(C)C)c(C)n(C)c3cc2C1. The van der Waals surface area contributed by atoms with Crippen molar-refractivity contribution in [3.05, 3.63) is 34.5 Å². The second-order valence-electron chi connectivity index (χ2n) is 7.58. The molecule has 2 heterocycles. The molecule has 1 aliphatic rings. The molecule has 3 rings (SSSR count). The summed E-state index contributed by atoms with van der Waals surface area (Å²) >= 11 is 0. The van der Waals surface area contributed by atoms with Crippen molar-refractivity contribution in [2.24, 2.45) is 18.7 Å². The van der Waals surface area contributed by atoms with Gasteiger partial charge >= 0.3 is 0 Å². The van der Waals surface area contributed by atoms with Crippen LogP contribution in [-0.2, 0) is 31.3 Å². The minimum Gasteiger partial charge on any atom is -0.383 e. The number of aromatic nitrogens is 1. The predicted molar refractivity (Wildman–Crippen MR) is 100 cm³/mol. The van der Waals surface area contributed by atoms with E-state index in [1.807, 2.05) is 0 Å². The number of nitrogens with zero attached hydrogens (tertiary/aromatic N) is 2. The molecule has 1 aromatic carbocycles. The molecule has 132 valence electrons. The molecule has 0 aliphatic carbocycles. The van der Waals surface area contributed by atoms with Crippen molar-refractivity contribution in [1.82, 2.24) is 9.47 Å². The van der Waals surface area contributed by atoms with Gasteiger partial charge in [-0.05, 0) is 48.1 Å². The zero-order valence-corrected chi connectivity index (χ0v) is 15.7. The second-order valence-corrected chi connectivity index (χ2v) is 7.58. The van der Waals surface area contributed by atoms with Crippen molar-refractivity contribution < 1.29 is 4.74 Å². The van der Waals surface area contributed by atoms with E-state index in [9.17, 15) is 0 Å². The normalized spacial score (nSPS) is 16.3. The van der Waals surface area contributed by atoms with E-state index in [4.69, 9.17) is 10.5 Å². The van der Waals surface area contributed by atoms with E-state index in [-0.39, 0.29) is 6.04 Å². The fourth-order valence-corrected chi connectivity index (χ4v) is 3.71. The number of benzene rings is 1. The number of methoxy groups -OCH3 is 1. The van der Waals surface area contributed by atoms with Crippen LogP contribution in [0, 0.1) is 12.8 Å². The number of nitrogens with two attached hydrogens (primary N) is 1. The molecule has 0 saturated heterocycles. The largest absolute Gasteiger partial charge is 0.383 e. The molecular weight excluding hydrogens is 298 g/mol. The zero-order chi connectivity index (χ0) is 17.4. The van der Waals surface area contributed by atoms with Crippen LogP contribution < -0.4 is 5.73 Å². The average molecular weight is 329 g/mol. The first-order valence-corrected chi connectivity index (χ1v) is 8.99. The highest BCUT2D eigenvalue weighted by molar-refractivity contribution is 5.87. The Labute approximate surface area is 145 Å². The van der Waals surface area contributed by atoms with Gasteiger partial charge in [-0.25, -0.2) is 0 Å². The van der Waals surface area contributed by atoms with Crippen LogP contribution in [0.1, 0.15) is 36.2 Å². The van der Waals surface area contributed by atoms with Gasteiger partial charge in [0, 0.05) is 56.4 Å². The van der Waals surface area contributed by atoms with Crippen LogP contribution in [-0.4, -0.2) is 35.8 Å². The smallest absolute Gasteiger partial charge is 0.0589 e. The molecule has 0 bridgehead atoms. The minimum absolute atomic E-state index is 0.209. The monoisotopic (exact) mass is 329 g/mol. The van der Waals surface area contributed by atoms with E-state index in [0.717, 1.165) is 32.7 Å². The third kappa shape index (κ3) is 3.10. The molecule has 1 aliphatic heterocycles. The molecule has 0 saturated carbocycles. The maximum Gasteiger partial charge on any atom is 0.0589 e. The van der Waals surface area contributed by atoms with Crippen molar-refractivity contribution in [3.63, 3.8) is 0 Å². The quantitative estimate of drug-likeness (QED) is 0.886. The standard InChI is InChI=1S/C20H31N3O/c1-13(2)19(21)10-17-14(3)22(4)20-9-16-12-23(6-7-24-5)11-15(16)8-18(17)20/h8-9,13,19H,6-7,10-12,21H2,1-5H3. The summed E-state index contributed by atoms with van der Waals surface area (Å²) in [6, 6.07) is 5.00. The summed E-state index contributed by atoms with van der Waals surface area (Å²) in [7, 11) is 3.94. The van der Waals surface area contributed by atoms with Gasteiger partial charge in [0.1, 0.15) is 0 Å². The van der Waals surface area contributed by atoms with Gasteiger partial charge in [-0.2, -0.15) is 0 Å². The third-order valence-corrected chi connectivity index (χ3v) is 5.64. The fraction of sp³-hybridized carbons (Fsp3) is 0.600. The minimum atomic E-state index is 0.209. The van der Waals surface area contributed by atoms with Gasteiger partial charge in [0.25, 0.3) is 0 Å². The van der Waals surface area contributed by atoms with Gasteiger partial charge < -0.3 is 15.0 Å². The summed E-state index contributed by atoms with van der Waals surface area (Å²) < 4.78 is 7.55. The lowest BCUT2D eigenvalue weighted by Crippen LogP contribution is -2.29. The lowest BCUT2D eigenvalue weighted by atomic mass is 9.95. The summed E-state index contributed by atoms with van der Waals surface area (Å²) in [4.78, 5) is 2.46. The summed E-state index contributed by atoms with van der Waals surface area (Å²) in [6.45, 7) is 10.5. The van der Waals surface area contributed by atoms with E-state index >= 15 is 0 Å². The molecule has 4 heteroatoms. The topological polar surface area (TPSA) is 43.4 Å². The molecule has 2 aromatic rings. The molecule has 0 amide bonds.